The van der Waals surface area contributed by atoms with Gasteiger partial charge in [0.1, 0.15) is 29.8 Å². The summed E-state index contributed by atoms with van der Waals surface area (Å²) in [6.07, 6.45) is 3.83. The van der Waals surface area contributed by atoms with E-state index in [2.05, 4.69) is 65.1 Å². The predicted molar refractivity (Wildman–Crippen MR) is 143 cm³/mol. The summed E-state index contributed by atoms with van der Waals surface area (Å²) in [7, 11) is 0. The van der Waals surface area contributed by atoms with Crippen molar-refractivity contribution in [2.75, 3.05) is 24.6 Å². The van der Waals surface area contributed by atoms with E-state index in [1.807, 2.05) is 6.92 Å². The maximum absolute atomic E-state index is 6.20. The largest absolute Gasteiger partial charge is 0.491 e. The molecule has 0 fully saturated rings. The number of hydrogen-bond acceptors (Lipinski definition) is 6. The molecule has 0 atom stereocenters. The van der Waals surface area contributed by atoms with Crippen molar-refractivity contribution in [2.45, 2.75) is 53.0 Å². The third kappa shape index (κ3) is 4.32. The highest BCUT2D eigenvalue weighted by Crippen LogP contribution is 2.39. The summed E-state index contributed by atoms with van der Waals surface area (Å²) in [5.41, 5.74) is 14.2. The molecular formula is C29H34N6O. The Labute approximate surface area is 212 Å². The second-order valence-electron chi connectivity index (χ2n) is 10.9. The lowest BCUT2D eigenvalue weighted by atomic mass is 9.76. The number of aromatic nitrogens is 4. The molecule has 0 bridgehead atoms. The van der Waals surface area contributed by atoms with Crippen LogP contribution in [0.3, 0.4) is 0 Å². The van der Waals surface area contributed by atoms with Crippen LogP contribution in [0.4, 0.5) is 5.82 Å². The molecule has 1 aliphatic heterocycles. The first-order valence-electron chi connectivity index (χ1n) is 12.9. The summed E-state index contributed by atoms with van der Waals surface area (Å²) < 4.78 is 6.20. The number of H-pyrrole nitrogens is 1. The maximum Gasteiger partial charge on any atom is 0.136 e. The van der Waals surface area contributed by atoms with E-state index in [1.54, 1.807) is 0 Å². The fourth-order valence-corrected chi connectivity index (χ4v) is 5.55. The molecule has 0 spiro atoms. The quantitative estimate of drug-likeness (QED) is 0.436. The van der Waals surface area contributed by atoms with Gasteiger partial charge in [0.05, 0.1) is 17.6 Å². The van der Waals surface area contributed by atoms with Crippen LogP contribution >= 0.6 is 0 Å². The first kappa shape index (κ1) is 23.0. The summed E-state index contributed by atoms with van der Waals surface area (Å²) in [6.45, 7) is 9.39. The van der Waals surface area contributed by atoms with Crippen molar-refractivity contribution in [1.82, 2.24) is 19.9 Å². The van der Waals surface area contributed by atoms with E-state index < -0.39 is 0 Å². The summed E-state index contributed by atoms with van der Waals surface area (Å²) in [5.74, 6) is 3.79. The van der Waals surface area contributed by atoms with E-state index in [-0.39, 0.29) is 5.41 Å². The Kier molecular flexibility index (Phi) is 5.67. The van der Waals surface area contributed by atoms with E-state index in [4.69, 9.17) is 20.4 Å². The second-order valence-corrected chi connectivity index (χ2v) is 10.9. The molecule has 1 aliphatic carbocycles. The Morgan fingerprint density at radius 1 is 1.08 bits per heavy atom. The van der Waals surface area contributed by atoms with Gasteiger partial charge >= 0.3 is 0 Å². The highest BCUT2D eigenvalue weighted by molar-refractivity contribution is 5.82. The summed E-state index contributed by atoms with van der Waals surface area (Å²) in [5, 5.41) is 0. The van der Waals surface area contributed by atoms with Gasteiger partial charge in [-0.3, -0.25) is 0 Å². The maximum atomic E-state index is 6.20. The fourth-order valence-electron chi connectivity index (χ4n) is 5.55. The molecule has 7 nitrogen and oxygen atoms in total. The lowest BCUT2D eigenvalue weighted by Gasteiger charge is -2.34. The van der Waals surface area contributed by atoms with Gasteiger partial charge in [-0.15, -0.1) is 0 Å². The Hall–Kier alpha value is -3.45. The number of aryl methyl sites for hydroxylation is 2. The monoisotopic (exact) mass is 482 g/mol. The molecule has 6 rings (SSSR count). The van der Waals surface area contributed by atoms with Crippen molar-refractivity contribution in [3.63, 3.8) is 0 Å². The number of ether oxygens (including phenoxy) is 1. The molecule has 7 heteroatoms. The van der Waals surface area contributed by atoms with Crippen molar-refractivity contribution in [3.05, 3.63) is 64.9 Å². The van der Waals surface area contributed by atoms with E-state index in [0.29, 0.717) is 19.6 Å². The first-order valence-corrected chi connectivity index (χ1v) is 12.9. The number of aromatic amines is 1. The predicted octanol–water partition coefficient (Wildman–Crippen LogP) is 4.74. The third-order valence-corrected chi connectivity index (χ3v) is 7.45. The minimum absolute atomic E-state index is 0.247. The Balaban J connectivity index is 1.38. The highest BCUT2D eigenvalue weighted by atomic mass is 16.5. The molecule has 36 heavy (non-hydrogen) atoms. The summed E-state index contributed by atoms with van der Waals surface area (Å²) >= 11 is 0. The van der Waals surface area contributed by atoms with E-state index >= 15 is 0 Å². The number of nitrogens with zero attached hydrogens (tertiary/aromatic N) is 4. The second kappa shape index (κ2) is 8.89. The van der Waals surface area contributed by atoms with Gasteiger partial charge in [-0.2, -0.15) is 0 Å². The van der Waals surface area contributed by atoms with Crippen LogP contribution in [0.15, 0.2) is 36.4 Å². The lowest BCUT2D eigenvalue weighted by molar-refractivity contribution is 0.310. The van der Waals surface area contributed by atoms with E-state index in [1.165, 1.54) is 16.8 Å². The Bertz CT molecular complexity index is 1440. The average Bonchev–Trinajstić information content (AvgIpc) is 3.09. The summed E-state index contributed by atoms with van der Waals surface area (Å²) in [4.78, 5) is 20.3. The molecule has 0 saturated heterocycles. The van der Waals surface area contributed by atoms with Gasteiger partial charge in [0.2, 0.25) is 0 Å². The average molecular weight is 483 g/mol. The number of nitrogens with one attached hydrogen (secondary N) is 1. The normalized spacial score (nSPS) is 16.8. The van der Waals surface area contributed by atoms with Crippen LogP contribution in [0.2, 0.25) is 0 Å². The van der Waals surface area contributed by atoms with E-state index in [9.17, 15) is 0 Å². The fraction of sp³-hybridized carbons (Fsp3) is 0.414. The molecule has 186 valence electrons. The number of rotatable bonds is 4. The van der Waals surface area contributed by atoms with Crippen molar-refractivity contribution in [2.24, 2.45) is 11.1 Å². The Morgan fingerprint density at radius 2 is 1.92 bits per heavy atom. The van der Waals surface area contributed by atoms with Gasteiger partial charge in [0, 0.05) is 29.8 Å². The van der Waals surface area contributed by atoms with Crippen molar-refractivity contribution < 1.29 is 4.74 Å². The first-order chi connectivity index (χ1) is 17.4. The molecule has 2 aromatic carbocycles. The molecule has 0 unspecified atom stereocenters. The van der Waals surface area contributed by atoms with Crippen LogP contribution < -0.4 is 15.4 Å². The number of benzene rings is 2. The van der Waals surface area contributed by atoms with Crippen LogP contribution in [-0.2, 0) is 25.8 Å². The zero-order valence-corrected chi connectivity index (χ0v) is 21.4. The smallest absolute Gasteiger partial charge is 0.136 e. The lowest BCUT2D eigenvalue weighted by Crippen LogP contribution is -2.32. The molecule has 3 heterocycles. The van der Waals surface area contributed by atoms with Crippen LogP contribution in [0.1, 0.15) is 48.7 Å². The molecule has 0 saturated carbocycles. The topological polar surface area (TPSA) is 93.0 Å². The third-order valence-electron chi connectivity index (χ3n) is 7.45. The molecular weight excluding hydrogens is 448 g/mol. The van der Waals surface area contributed by atoms with Gasteiger partial charge in [-0.05, 0) is 73.5 Å². The van der Waals surface area contributed by atoms with Gasteiger partial charge in [0.25, 0.3) is 0 Å². The van der Waals surface area contributed by atoms with Gasteiger partial charge in [-0.25, -0.2) is 15.0 Å². The molecule has 0 amide bonds. The highest BCUT2D eigenvalue weighted by Gasteiger charge is 2.31. The number of hydrogen-bond donors (Lipinski definition) is 2. The van der Waals surface area contributed by atoms with Gasteiger partial charge < -0.3 is 20.4 Å². The number of imidazole rings is 1. The number of fused-ring (bicyclic) bond motifs is 3. The van der Waals surface area contributed by atoms with Crippen LogP contribution in [-0.4, -0.2) is 39.6 Å². The Morgan fingerprint density at radius 3 is 2.78 bits per heavy atom. The molecule has 4 aromatic rings. The van der Waals surface area contributed by atoms with Crippen LogP contribution in [0.5, 0.6) is 5.75 Å². The zero-order valence-electron chi connectivity index (χ0n) is 21.4. The standard InChI is InChI=1S/C29H34N6O/c1-18-31-24-6-4-20(15-25(24)32-18)19-5-7-26-21(14-19)17-35(12-13-36-26)28-22-16-29(2,3)10-8-23(22)33-27(34-28)9-11-30/h4-7,14-15H,8-13,16-17,30H2,1-3H3,(H,31,32). The van der Waals surface area contributed by atoms with Crippen molar-refractivity contribution >= 4 is 16.9 Å². The molecule has 3 N–H and O–H groups in total. The van der Waals surface area contributed by atoms with Crippen molar-refractivity contribution in [3.8, 4) is 16.9 Å². The molecule has 2 aromatic heterocycles. The van der Waals surface area contributed by atoms with Crippen molar-refractivity contribution in [1.29, 1.82) is 0 Å². The SMILES string of the molecule is Cc1nc2cc(-c3ccc4c(c3)CN(c3nc(CCN)nc5c3CC(C)(C)CC5)CCO4)ccc2[nH]1. The number of nitrogens with two attached hydrogens (primary N) is 1. The van der Waals surface area contributed by atoms with Gasteiger partial charge in [-0.1, -0.05) is 26.0 Å². The minimum Gasteiger partial charge on any atom is -0.491 e. The van der Waals surface area contributed by atoms with Crippen LogP contribution in [0.25, 0.3) is 22.2 Å². The number of anilines is 1. The minimum atomic E-state index is 0.247. The van der Waals surface area contributed by atoms with E-state index in [0.717, 1.165) is 77.7 Å². The van der Waals surface area contributed by atoms with Gasteiger partial charge in [0.15, 0.2) is 0 Å². The molecule has 2 aliphatic rings. The van der Waals surface area contributed by atoms with Crippen LogP contribution in [0, 0.1) is 12.3 Å². The zero-order chi connectivity index (χ0) is 24.9. The molecule has 0 radical (unpaired) electrons. The summed E-state index contributed by atoms with van der Waals surface area (Å²) in [6, 6.07) is 12.9.